The van der Waals surface area contributed by atoms with Crippen LogP contribution in [0.15, 0.2) is 60.7 Å². The van der Waals surface area contributed by atoms with Gasteiger partial charge in [0.05, 0.1) is 12.9 Å². The minimum absolute atomic E-state index is 0.00962. The van der Waals surface area contributed by atoms with Gasteiger partial charge in [0, 0.05) is 19.6 Å². The maximum absolute atomic E-state index is 12.7. The standard InChI is InChI=1S/C25H28N2O5S/c1-31-23-9-8-22-17-27(13-11-21(22)15-23)33(29,30)14-4-12-26-25(28)18-32-24-10-7-19-5-2-3-6-20(19)16-24/h2-3,5-10,15-16H,4,11-14,17-18H2,1H3,(H,26,28). The molecule has 4 rings (SSSR count). The van der Waals surface area contributed by atoms with E-state index in [9.17, 15) is 13.2 Å². The first-order valence-corrected chi connectivity index (χ1v) is 12.6. The van der Waals surface area contributed by atoms with Crippen molar-refractivity contribution in [1.29, 1.82) is 0 Å². The first-order chi connectivity index (χ1) is 15.9. The molecule has 3 aromatic rings. The number of nitrogens with zero attached hydrogens (tertiary/aromatic N) is 1. The zero-order valence-corrected chi connectivity index (χ0v) is 19.4. The van der Waals surface area contributed by atoms with Gasteiger partial charge in [-0.3, -0.25) is 4.79 Å². The van der Waals surface area contributed by atoms with Crippen molar-refractivity contribution in [3.8, 4) is 11.5 Å². The van der Waals surface area contributed by atoms with E-state index >= 15 is 0 Å². The van der Waals surface area contributed by atoms with E-state index in [0.29, 0.717) is 31.7 Å². The number of benzene rings is 3. The first-order valence-electron chi connectivity index (χ1n) is 11.0. The number of nitrogens with one attached hydrogen (secondary N) is 1. The van der Waals surface area contributed by atoms with Crippen LogP contribution >= 0.6 is 0 Å². The molecule has 0 aromatic heterocycles. The average Bonchev–Trinajstić information content (AvgIpc) is 2.84. The zero-order valence-electron chi connectivity index (χ0n) is 18.6. The molecule has 1 aliphatic heterocycles. The number of carbonyl (C=O) groups is 1. The van der Waals surface area contributed by atoms with Gasteiger partial charge < -0.3 is 14.8 Å². The second-order valence-corrected chi connectivity index (χ2v) is 10.1. The van der Waals surface area contributed by atoms with Crippen molar-refractivity contribution in [3.05, 3.63) is 71.8 Å². The van der Waals surface area contributed by atoms with E-state index in [1.807, 2.05) is 60.7 Å². The average molecular weight is 469 g/mol. The van der Waals surface area contributed by atoms with Crippen molar-refractivity contribution in [2.75, 3.05) is 32.6 Å². The number of hydrogen-bond acceptors (Lipinski definition) is 5. The third-order valence-corrected chi connectivity index (χ3v) is 7.68. The van der Waals surface area contributed by atoms with Gasteiger partial charge in [-0.2, -0.15) is 4.31 Å². The highest BCUT2D eigenvalue weighted by molar-refractivity contribution is 7.89. The zero-order chi connectivity index (χ0) is 23.3. The van der Waals surface area contributed by atoms with Gasteiger partial charge in [-0.1, -0.05) is 36.4 Å². The molecule has 174 valence electrons. The number of sulfonamides is 1. The Labute approximate surface area is 194 Å². The smallest absolute Gasteiger partial charge is 0.257 e. The predicted molar refractivity (Wildman–Crippen MR) is 128 cm³/mol. The lowest BCUT2D eigenvalue weighted by Crippen LogP contribution is -2.38. The minimum Gasteiger partial charge on any atom is -0.497 e. The Morgan fingerprint density at radius 2 is 1.79 bits per heavy atom. The third kappa shape index (κ3) is 5.83. The summed E-state index contributed by atoms with van der Waals surface area (Å²) in [6.07, 6.45) is 1.00. The van der Waals surface area contributed by atoms with E-state index in [2.05, 4.69) is 5.32 Å². The molecule has 0 unspecified atom stereocenters. The topological polar surface area (TPSA) is 84.9 Å². The Hall–Kier alpha value is -3.10. The van der Waals surface area contributed by atoms with Crippen molar-refractivity contribution in [3.63, 3.8) is 0 Å². The largest absolute Gasteiger partial charge is 0.497 e. The Balaban J connectivity index is 1.20. The fraction of sp³-hybridized carbons (Fsp3) is 0.320. The fourth-order valence-corrected chi connectivity index (χ4v) is 5.41. The molecule has 0 atom stereocenters. The van der Waals surface area contributed by atoms with Gasteiger partial charge >= 0.3 is 0 Å². The number of ether oxygens (including phenoxy) is 2. The van der Waals surface area contributed by atoms with Gasteiger partial charge in [-0.15, -0.1) is 0 Å². The molecule has 1 amide bonds. The predicted octanol–water partition coefficient (Wildman–Crippen LogP) is 3.12. The molecule has 0 saturated carbocycles. The van der Waals surface area contributed by atoms with Crippen LogP contribution in [0.25, 0.3) is 10.8 Å². The molecule has 0 saturated heterocycles. The second-order valence-electron chi connectivity index (χ2n) is 8.04. The van der Waals surface area contributed by atoms with Gasteiger partial charge in [0.15, 0.2) is 6.61 Å². The van der Waals surface area contributed by atoms with Crippen LogP contribution in [-0.4, -0.2) is 51.2 Å². The van der Waals surface area contributed by atoms with Crippen molar-refractivity contribution in [2.45, 2.75) is 19.4 Å². The summed E-state index contributed by atoms with van der Waals surface area (Å²) in [5.41, 5.74) is 2.13. The van der Waals surface area contributed by atoms with Crippen molar-refractivity contribution in [1.82, 2.24) is 9.62 Å². The molecule has 0 fully saturated rings. The fourth-order valence-electron chi connectivity index (χ4n) is 3.94. The molecule has 33 heavy (non-hydrogen) atoms. The van der Waals surface area contributed by atoms with E-state index in [0.717, 1.165) is 27.6 Å². The minimum atomic E-state index is -3.40. The van der Waals surface area contributed by atoms with Crippen LogP contribution in [0.3, 0.4) is 0 Å². The van der Waals surface area contributed by atoms with Gasteiger partial charge in [0.2, 0.25) is 10.0 Å². The number of methoxy groups -OCH3 is 1. The van der Waals surface area contributed by atoms with Crippen LogP contribution in [0.5, 0.6) is 11.5 Å². The summed E-state index contributed by atoms with van der Waals surface area (Å²) in [7, 11) is -1.78. The van der Waals surface area contributed by atoms with Gasteiger partial charge in [-0.25, -0.2) is 8.42 Å². The second kappa shape index (κ2) is 10.2. The lowest BCUT2D eigenvalue weighted by Gasteiger charge is -2.28. The van der Waals surface area contributed by atoms with Crippen molar-refractivity contribution in [2.24, 2.45) is 0 Å². The molecule has 0 radical (unpaired) electrons. The van der Waals surface area contributed by atoms with Crippen LogP contribution < -0.4 is 14.8 Å². The van der Waals surface area contributed by atoms with E-state index in [1.54, 1.807) is 7.11 Å². The molecule has 1 N–H and O–H groups in total. The number of amides is 1. The van der Waals surface area contributed by atoms with Crippen LogP contribution in [-0.2, 0) is 27.8 Å². The number of carbonyl (C=O) groups excluding carboxylic acids is 1. The highest BCUT2D eigenvalue weighted by Crippen LogP contribution is 2.25. The van der Waals surface area contributed by atoms with E-state index in [4.69, 9.17) is 9.47 Å². The van der Waals surface area contributed by atoms with Crippen LogP contribution in [0.1, 0.15) is 17.5 Å². The summed E-state index contributed by atoms with van der Waals surface area (Å²) in [5.74, 6) is 1.12. The molecule has 3 aromatic carbocycles. The summed E-state index contributed by atoms with van der Waals surface area (Å²) >= 11 is 0. The molecule has 0 bridgehead atoms. The van der Waals surface area contributed by atoms with E-state index in [-0.39, 0.29) is 24.8 Å². The van der Waals surface area contributed by atoms with Crippen LogP contribution in [0.4, 0.5) is 0 Å². The summed E-state index contributed by atoms with van der Waals surface area (Å²) in [4.78, 5) is 12.1. The van der Waals surface area contributed by atoms with Gasteiger partial charge in [0.25, 0.3) is 5.91 Å². The lowest BCUT2D eigenvalue weighted by molar-refractivity contribution is -0.123. The van der Waals surface area contributed by atoms with Gasteiger partial charge in [-0.05, 0) is 59.0 Å². The number of rotatable bonds is 9. The molecular formula is C25H28N2O5S. The molecule has 1 aliphatic rings. The van der Waals surface area contributed by atoms with Crippen molar-refractivity contribution >= 4 is 26.7 Å². The maximum atomic E-state index is 12.7. The Kier molecular flexibility index (Phi) is 7.15. The molecule has 7 nitrogen and oxygen atoms in total. The summed E-state index contributed by atoms with van der Waals surface area (Å²) in [5, 5.41) is 4.88. The quantitative estimate of drug-likeness (QED) is 0.488. The monoisotopic (exact) mass is 468 g/mol. The summed E-state index contributed by atoms with van der Waals surface area (Å²) in [6.45, 7) is 0.986. The van der Waals surface area contributed by atoms with E-state index < -0.39 is 10.0 Å². The molecule has 0 aliphatic carbocycles. The first kappa shape index (κ1) is 23.1. The Morgan fingerprint density at radius 1 is 1.00 bits per heavy atom. The van der Waals surface area contributed by atoms with Crippen LogP contribution in [0, 0.1) is 0 Å². The summed E-state index contributed by atoms with van der Waals surface area (Å²) < 4.78 is 37.8. The Bertz CT molecular complexity index is 1240. The van der Waals surface area contributed by atoms with Crippen molar-refractivity contribution < 1.29 is 22.7 Å². The third-order valence-electron chi connectivity index (χ3n) is 5.78. The SMILES string of the molecule is COc1ccc2c(c1)CCN(S(=O)(=O)CCCNC(=O)COc1ccc3ccccc3c1)C2. The molecular weight excluding hydrogens is 440 g/mol. The Morgan fingerprint density at radius 3 is 2.61 bits per heavy atom. The lowest BCUT2D eigenvalue weighted by atomic mass is 10.0. The molecule has 8 heteroatoms. The number of fused-ring (bicyclic) bond motifs is 2. The summed E-state index contributed by atoms with van der Waals surface area (Å²) in [6, 6.07) is 19.3. The number of hydrogen-bond donors (Lipinski definition) is 1. The molecule has 1 heterocycles. The highest BCUT2D eigenvalue weighted by atomic mass is 32.2. The molecule has 0 spiro atoms. The van der Waals surface area contributed by atoms with Crippen LogP contribution in [0.2, 0.25) is 0 Å². The highest BCUT2D eigenvalue weighted by Gasteiger charge is 2.26. The van der Waals surface area contributed by atoms with Gasteiger partial charge in [0.1, 0.15) is 11.5 Å². The van der Waals surface area contributed by atoms with E-state index in [1.165, 1.54) is 4.31 Å². The normalized spacial score (nSPS) is 14.0. The maximum Gasteiger partial charge on any atom is 0.257 e.